The molecule has 6 nitrogen and oxygen atoms in total. The Morgan fingerprint density at radius 3 is 2.48 bits per heavy atom. The fourth-order valence-electron chi connectivity index (χ4n) is 2.82. The van der Waals surface area contributed by atoms with Crippen molar-refractivity contribution in [3.05, 3.63) is 30.3 Å². The Balaban J connectivity index is 1.72. The Labute approximate surface area is 123 Å². The number of anilines is 1. The molecule has 0 aromatic heterocycles. The van der Waals surface area contributed by atoms with Crippen molar-refractivity contribution in [2.75, 3.05) is 16.4 Å². The Kier molecular flexibility index (Phi) is 3.54. The van der Waals surface area contributed by atoms with E-state index in [1.807, 2.05) is 6.07 Å². The van der Waals surface area contributed by atoms with Gasteiger partial charge in [0.2, 0.25) is 5.91 Å². The summed E-state index contributed by atoms with van der Waals surface area (Å²) in [6, 6.07) is 7.88. The molecule has 21 heavy (non-hydrogen) atoms. The minimum atomic E-state index is -3.01. The fraction of sp³-hybridized carbons (Fsp3) is 0.429. The predicted molar refractivity (Wildman–Crippen MR) is 77.5 cm³/mol. The molecule has 2 fully saturated rings. The molecule has 0 spiro atoms. The topological polar surface area (TPSA) is 83.5 Å². The van der Waals surface area contributed by atoms with E-state index in [4.69, 9.17) is 0 Å². The molecule has 1 N–H and O–H groups in total. The van der Waals surface area contributed by atoms with Crippen LogP contribution >= 0.6 is 0 Å². The molecule has 7 heteroatoms. The highest BCUT2D eigenvalue weighted by Crippen LogP contribution is 2.23. The minimum absolute atomic E-state index is 0.0380. The van der Waals surface area contributed by atoms with Crippen LogP contribution in [-0.2, 0) is 19.4 Å². The van der Waals surface area contributed by atoms with Gasteiger partial charge in [-0.1, -0.05) is 18.2 Å². The molecule has 1 aromatic carbocycles. The molecular formula is C14H16N2O4S. The second-order valence-corrected chi connectivity index (χ2v) is 7.65. The number of carbonyl (C=O) groups excluding carboxylic acids is 2. The van der Waals surface area contributed by atoms with Crippen LogP contribution in [-0.4, -0.2) is 43.8 Å². The van der Waals surface area contributed by atoms with E-state index in [2.05, 4.69) is 5.32 Å². The van der Waals surface area contributed by atoms with Gasteiger partial charge in [0, 0.05) is 6.04 Å². The Bertz CT molecular complexity index is 671. The van der Waals surface area contributed by atoms with Crippen molar-refractivity contribution in [2.45, 2.75) is 24.9 Å². The quantitative estimate of drug-likeness (QED) is 0.801. The smallest absolute Gasteiger partial charge is 0.251 e. The lowest BCUT2D eigenvalue weighted by molar-refractivity contribution is -0.121. The Morgan fingerprint density at radius 2 is 1.86 bits per heavy atom. The summed E-state index contributed by atoms with van der Waals surface area (Å²) >= 11 is 0. The van der Waals surface area contributed by atoms with E-state index < -0.39 is 15.9 Å². The molecule has 3 rings (SSSR count). The number of rotatable bonds is 3. The molecular weight excluding hydrogens is 292 g/mol. The maximum atomic E-state index is 12.4. The SMILES string of the molecule is O=C1C[C@H](N[C@H]2CCS(=O)(=O)C2)C(=O)N1c1ccccc1. The molecule has 0 bridgehead atoms. The summed E-state index contributed by atoms with van der Waals surface area (Å²) in [5.41, 5.74) is 0.552. The van der Waals surface area contributed by atoms with Crippen molar-refractivity contribution in [1.82, 2.24) is 5.32 Å². The summed E-state index contributed by atoms with van der Waals surface area (Å²) in [5.74, 6) is -0.391. The van der Waals surface area contributed by atoms with Gasteiger partial charge in [-0.3, -0.25) is 9.59 Å². The normalized spacial score (nSPS) is 28.3. The summed E-state index contributed by atoms with van der Waals surface area (Å²) in [6.07, 6.45) is 0.565. The monoisotopic (exact) mass is 308 g/mol. The number of hydrogen-bond donors (Lipinski definition) is 1. The average Bonchev–Trinajstić information content (AvgIpc) is 2.91. The van der Waals surface area contributed by atoms with Gasteiger partial charge in [-0.05, 0) is 18.6 Å². The zero-order chi connectivity index (χ0) is 15.0. The van der Waals surface area contributed by atoms with Crippen molar-refractivity contribution in [3.8, 4) is 0 Å². The van der Waals surface area contributed by atoms with Crippen LogP contribution in [0.3, 0.4) is 0 Å². The predicted octanol–water partition coefficient (Wildman–Crippen LogP) is 0.0952. The van der Waals surface area contributed by atoms with Gasteiger partial charge in [0.05, 0.1) is 29.7 Å². The van der Waals surface area contributed by atoms with Gasteiger partial charge in [0.15, 0.2) is 9.84 Å². The second-order valence-electron chi connectivity index (χ2n) is 5.43. The number of amides is 2. The number of sulfone groups is 1. The number of benzene rings is 1. The van der Waals surface area contributed by atoms with E-state index in [1.54, 1.807) is 24.3 Å². The van der Waals surface area contributed by atoms with E-state index in [0.29, 0.717) is 12.1 Å². The highest BCUT2D eigenvalue weighted by Gasteiger charge is 2.41. The Hall–Kier alpha value is -1.73. The molecule has 2 aliphatic heterocycles. The number of carbonyl (C=O) groups is 2. The van der Waals surface area contributed by atoms with Gasteiger partial charge < -0.3 is 5.32 Å². The average molecular weight is 308 g/mol. The van der Waals surface area contributed by atoms with Crippen LogP contribution in [0.1, 0.15) is 12.8 Å². The molecule has 2 heterocycles. The van der Waals surface area contributed by atoms with E-state index in [1.165, 1.54) is 4.90 Å². The van der Waals surface area contributed by atoms with E-state index in [9.17, 15) is 18.0 Å². The zero-order valence-electron chi connectivity index (χ0n) is 11.4. The summed E-state index contributed by atoms with van der Waals surface area (Å²) in [6.45, 7) is 0. The van der Waals surface area contributed by atoms with Crippen LogP contribution in [0.2, 0.25) is 0 Å². The number of imide groups is 1. The maximum absolute atomic E-state index is 12.4. The lowest BCUT2D eigenvalue weighted by Gasteiger charge is -2.17. The summed E-state index contributed by atoms with van der Waals surface area (Å²) in [5, 5.41) is 3.02. The molecule has 2 aliphatic rings. The number of hydrogen-bond acceptors (Lipinski definition) is 5. The summed E-state index contributed by atoms with van der Waals surface area (Å²) in [4.78, 5) is 25.6. The first kappa shape index (κ1) is 14.2. The first-order valence-corrected chi connectivity index (χ1v) is 8.67. The van der Waals surface area contributed by atoms with Gasteiger partial charge >= 0.3 is 0 Å². The standard InChI is InChI=1S/C14H16N2O4S/c17-13-8-12(15-10-6-7-21(19,20)9-10)14(18)16(13)11-4-2-1-3-5-11/h1-5,10,12,15H,6-9H2/t10-,12-/m0/s1. The highest BCUT2D eigenvalue weighted by molar-refractivity contribution is 7.91. The van der Waals surface area contributed by atoms with Gasteiger partial charge in [0.1, 0.15) is 0 Å². The number of nitrogens with one attached hydrogen (secondary N) is 1. The van der Waals surface area contributed by atoms with Crippen LogP contribution in [0.4, 0.5) is 5.69 Å². The van der Waals surface area contributed by atoms with Crippen LogP contribution < -0.4 is 10.2 Å². The van der Waals surface area contributed by atoms with Crippen molar-refractivity contribution in [2.24, 2.45) is 0 Å². The molecule has 0 aliphatic carbocycles. The third-order valence-corrected chi connectivity index (χ3v) is 5.60. The lowest BCUT2D eigenvalue weighted by Crippen LogP contribution is -2.44. The molecule has 0 saturated carbocycles. The largest absolute Gasteiger partial charge is 0.302 e. The van der Waals surface area contributed by atoms with Crippen molar-refractivity contribution < 1.29 is 18.0 Å². The molecule has 0 radical (unpaired) electrons. The molecule has 2 amide bonds. The van der Waals surface area contributed by atoms with Gasteiger partial charge in [-0.15, -0.1) is 0 Å². The van der Waals surface area contributed by atoms with Crippen molar-refractivity contribution in [3.63, 3.8) is 0 Å². The van der Waals surface area contributed by atoms with Crippen molar-refractivity contribution in [1.29, 1.82) is 0 Å². The third kappa shape index (κ3) is 2.84. The number of nitrogens with zero attached hydrogens (tertiary/aromatic N) is 1. The fourth-order valence-corrected chi connectivity index (χ4v) is 4.51. The highest BCUT2D eigenvalue weighted by atomic mass is 32.2. The second kappa shape index (κ2) is 5.23. The lowest BCUT2D eigenvalue weighted by atomic mass is 10.2. The minimum Gasteiger partial charge on any atom is -0.302 e. The molecule has 112 valence electrons. The first-order valence-electron chi connectivity index (χ1n) is 6.84. The maximum Gasteiger partial charge on any atom is 0.251 e. The van der Waals surface area contributed by atoms with Crippen LogP contribution in [0, 0.1) is 0 Å². The summed E-state index contributed by atoms with van der Waals surface area (Å²) < 4.78 is 22.9. The molecule has 1 aromatic rings. The number of para-hydroxylation sites is 1. The van der Waals surface area contributed by atoms with Gasteiger partial charge in [0.25, 0.3) is 5.91 Å². The van der Waals surface area contributed by atoms with E-state index >= 15 is 0 Å². The van der Waals surface area contributed by atoms with Gasteiger partial charge in [-0.25, -0.2) is 13.3 Å². The van der Waals surface area contributed by atoms with Gasteiger partial charge in [-0.2, -0.15) is 0 Å². The van der Waals surface area contributed by atoms with E-state index in [0.717, 1.165) is 0 Å². The molecule has 2 atom stereocenters. The van der Waals surface area contributed by atoms with Crippen LogP contribution in [0.5, 0.6) is 0 Å². The Morgan fingerprint density at radius 1 is 1.14 bits per heavy atom. The van der Waals surface area contributed by atoms with E-state index in [-0.39, 0.29) is 35.8 Å². The first-order chi connectivity index (χ1) is 9.96. The van der Waals surface area contributed by atoms with Crippen LogP contribution in [0.25, 0.3) is 0 Å². The third-order valence-electron chi connectivity index (χ3n) is 3.83. The molecule has 2 saturated heterocycles. The van der Waals surface area contributed by atoms with Crippen LogP contribution in [0.15, 0.2) is 30.3 Å². The van der Waals surface area contributed by atoms with Crippen molar-refractivity contribution >= 4 is 27.3 Å². The zero-order valence-corrected chi connectivity index (χ0v) is 12.2. The summed E-state index contributed by atoms with van der Waals surface area (Å²) in [7, 11) is -3.01. The molecule has 0 unspecified atom stereocenters.